The molecule has 2 aromatic rings. The Morgan fingerprint density at radius 3 is 2.33 bits per heavy atom. The highest BCUT2D eigenvalue weighted by atomic mass is 35.5. The van der Waals surface area contributed by atoms with Crippen molar-refractivity contribution in [3.05, 3.63) is 63.6 Å². The molecule has 0 aliphatic heterocycles. The molecule has 0 aliphatic rings. The second kappa shape index (κ2) is 6.61. The van der Waals surface area contributed by atoms with Crippen molar-refractivity contribution >= 4 is 35.1 Å². The van der Waals surface area contributed by atoms with Gasteiger partial charge in [-0.2, -0.15) is 0 Å². The average molecular weight is 325 g/mol. The molecule has 2 aromatic carbocycles. The van der Waals surface area contributed by atoms with Crippen LogP contribution in [0.25, 0.3) is 0 Å². The van der Waals surface area contributed by atoms with Crippen LogP contribution < -0.4 is 4.74 Å². The normalized spacial score (nSPS) is 10.0. The maximum atomic E-state index is 12.1. The van der Waals surface area contributed by atoms with E-state index in [9.17, 15) is 9.59 Å². The van der Waals surface area contributed by atoms with E-state index in [4.69, 9.17) is 27.9 Å². The van der Waals surface area contributed by atoms with Crippen LogP contribution >= 0.6 is 23.2 Å². The molecule has 4 nitrogen and oxygen atoms in total. The Morgan fingerprint density at radius 2 is 1.67 bits per heavy atom. The molecular formula is C15H10Cl2O4. The molecule has 6 heteroatoms. The first-order valence-corrected chi connectivity index (χ1v) is 6.63. The number of hydrogen-bond acceptors (Lipinski definition) is 4. The summed E-state index contributed by atoms with van der Waals surface area (Å²) in [5.41, 5.74) is 0.305. The van der Waals surface area contributed by atoms with Crippen LogP contribution in [0.15, 0.2) is 42.5 Å². The molecule has 0 fully saturated rings. The lowest BCUT2D eigenvalue weighted by molar-refractivity contribution is 0.0593. The number of methoxy groups -OCH3 is 1. The molecule has 0 radical (unpaired) electrons. The van der Waals surface area contributed by atoms with Gasteiger partial charge in [0.15, 0.2) is 0 Å². The predicted molar refractivity (Wildman–Crippen MR) is 79.2 cm³/mol. The predicted octanol–water partition coefficient (Wildman–Crippen LogP) is 4.00. The van der Waals surface area contributed by atoms with Gasteiger partial charge in [-0.1, -0.05) is 35.3 Å². The van der Waals surface area contributed by atoms with E-state index in [2.05, 4.69) is 4.74 Å². The number of hydrogen-bond donors (Lipinski definition) is 0. The molecule has 0 saturated carbocycles. The van der Waals surface area contributed by atoms with Gasteiger partial charge in [-0.05, 0) is 30.3 Å². The van der Waals surface area contributed by atoms with Crippen LogP contribution in [0.1, 0.15) is 20.7 Å². The molecule has 0 aliphatic carbocycles. The highest BCUT2D eigenvalue weighted by Gasteiger charge is 2.18. The lowest BCUT2D eigenvalue weighted by Gasteiger charge is -2.09. The minimum atomic E-state index is -0.687. The number of halogens is 2. The molecule has 0 unspecified atom stereocenters. The Kier molecular flexibility index (Phi) is 4.83. The van der Waals surface area contributed by atoms with E-state index in [0.29, 0.717) is 5.02 Å². The second-order valence-corrected chi connectivity index (χ2v) is 4.85. The third kappa shape index (κ3) is 3.54. The molecule has 2 rings (SSSR count). The van der Waals surface area contributed by atoms with Crippen molar-refractivity contribution in [2.45, 2.75) is 0 Å². The van der Waals surface area contributed by atoms with Crippen molar-refractivity contribution in [1.29, 1.82) is 0 Å². The number of para-hydroxylation sites is 1. The Morgan fingerprint density at radius 1 is 0.952 bits per heavy atom. The van der Waals surface area contributed by atoms with Crippen molar-refractivity contribution in [2.24, 2.45) is 0 Å². The molecule has 0 amide bonds. The van der Waals surface area contributed by atoms with Crippen molar-refractivity contribution in [2.75, 3.05) is 7.11 Å². The van der Waals surface area contributed by atoms with Gasteiger partial charge in [0.25, 0.3) is 0 Å². The number of benzene rings is 2. The summed E-state index contributed by atoms with van der Waals surface area (Å²) in [6.07, 6.45) is 0. The lowest BCUT2D eigenvalue weighted by Crippen LogP contribution is -2.12. The Hall–Kier alpha value is -2.04. The summed E-state index contributed by atoms with van der Waals surface area (Å²) in [5, 5.41) is 0.578. The number of esters is 2. The smallest absolute Gasteiger partial charge is 0.345 e. The lowest BCUT2D eigenvalue weighted by atomic mass is 10.2. The monoisotopic (exact) mass is 324 g/mol. The minimum Gasteiger partial charge on any atom is -0.465 e. The van der Waals surface area contributed by atoms with E-state index in [1.807, 2.05) is 0 Å². The van der Waals surface area contributed by atoms with Gasteiger partial charge in [-0.3, -0.25) is 0 Å². The number of carbonyl (C=O) groups excluding carboxylic acids is 2. The van der Waals surface area contributed by atoms with E-state index in [1.54, 1.807) is 12.1 Å². The topological polar surface area (TPSA) is 52.6 Å². The van der Waals surface area contributed by atoms with Gasteiger partial charge >= 0.3 is 11.9 Å². The van der Waals surface area contributed by atoms with Crippen molar-refractivity contribution in [3.8, 4) is 5.75 Å². The van der Waals surface area contributed by atoms with E-state index in [1.165, 1.54) is 37.4 Å². The van der Waals surface area contributed by atoms with Gasteiger partial charge in [-0.15, -0.1) is 0 Å². The SMILES string of the molecule is COC(=O)c1ccccc1OC(=O)c1ccc(Cl)cc1Cl. The van der Waals surface area contributed by atoms with Gasteiger partial charge in [0.1, 0.15) is 11.3 Å². The van der Waals surface area contributed by atoms with Crippen molar-refractivity contribution in [1.82, 2.24) is 0 Å². The first-order valence-electron chi connectivity index (χ1n) is 5.87. The van der Waals surface area contributed by atoms with E-state index in [0.717, 1.165) is 0 Å². The first-order chi connectivity index (χ1) is 10.0. The fraction of sp³-hybridized carbons (Fsp3) is 0.0667. The zero-order chi connectivity index (χ0) is 15.4. The summed E-state index contributed by atoms with van der Waals surface area (Å²) in [7, 11) is 1.25. The number of ether oxygens (including phenoxy) is 2. The highest BCUT2D eigenvalue weighted by Crippen LogP contribution is 2.24. The molecule has 0 N–H and O–H groups in total. The zero-order valence-electron chi connectivity index (χ0n) is 10.9. The average Bonchev–Trinajstić information content (AvgIpc) is 2.46. The van der Waals surface area contributed by atoms with E-state index >= 15 is 0 Å². The summed E-state index contributed by atoms with van der Waals surface area (Å²) < 4.78 is 9.84. The van der Waals surface area contributed by atoms with Crippen LogP contribution in [0.3, 0.4) is 0 Å². The maximum Gasteiger partial charge on any atom is 0.345 e. The molecular weight excluding hydrogens is 315 g/mol. The molecule has 108 valence electrons. The molecule has 0 atom stereocenters. The van der Waals surface area contributed by atoms with Gasteiger partial charge < -0.3 is 9.47 Å². The van der Waals surface area contributed by atoms with Gasteiger partial charge in [0.2, 0.25) is 0 Å². The summed E-state index contributed by atoms with van der Waals surface area (Å²) in [4.78, 5) is 23.7. The van der Waals surface area contributed by atoms with Crippen LogP contribution in [0.4, 0.5) is 0 Å². The number of rotatable bonds is 3. The molecule has 0 saturated heterocycles. The van der Waals surface area contributed by atoms with Gasteiger partial charge in [0, 0.05) is 5.02 Å². The van der Waals surface area contributed by atoms with Gasteiger partial charge in [0.05, 0.1) is 17.7 Å². The van der Waals surface area contributed by atoms with Crippen molar-refractivity contribution in [3.63, 3.8) is 0 Å². The second-order valence-electron chi connectivity index (χ2n) is 4.00. The summed E-state index contributed by atoms with van der Waals surface area (Å²) in [6, 6.07) is 10.7. The molecule has 0 aromatic heterocycles. The minimum absolute atomic E-state index is 0.0976. The molecule has 21 heavy (non-hydrogen) atoms. The Bertz CT molecular complexity index is 698. The fourth-order valence-electron chi connectivity index (χ4n) is 1.64. The van der Waals surface area contributed by atoms with Crippen LogP contribution in [-0.4, -0.2) is 19.0 Å². The summed E-state index contributed by atoms with van der Waals surface area (Å²) in [6.45, 7) is 0. The maximum absolute atomic E-state index is 12.1. The standard InChI is InChI=1S/C15H10Cl2O4/c1-20-14(18)11-4-2-3-5-13(11)21-15(19)10-7-6-9(16)8-12(10)17/h2-8H,1H3. The summed E-state index contributed by atoms with van der Waals surface area (Å²) in [5.74, 6) is -1.19. The Labute approximate surface area is 131 Å². The Balaban J connectivity index is 2.30. The largest absolute Gasteiger partial charge is 0.465 e. The number of carbonyl (C=O) groups is 2. The van der Waals surface area contributed by atoms with Gasteiger partial charge in [-0.25, -0.2) is 9.59 Å². The molecule has 0 heterocycles. The zero-order valence-corrected chi connectivity index (χ0v) is 12.4. The third-order valence-corrected chi connectivity index (χ3v) is 3.19. The van der Waals surface area contributed by atoms with Crippen LogP contribution in [0.2, 0.25) is 10.0 Å². The highest BCUT2D eigenvalue weighted by molar-refractivity contribution is 6.36. The molecule has 0 bridgehead atoms. The van der Waals surface area contributed by atoms with Crippen molar-refractivity contribution < 1.29 is 19.1 Å². The molecule has 0 spiro atoms. The van der Waals surface area contributed by atoms with Crippen LogP contribution in [-0.2, 0) is 4.74 Å². The van der Waals surface area contributed by atoms with Crippen LogP contribution in [0, 0.1) is 0 Å². The first kappa shape index (κ1) is 15.4. The van der Waals surface area contributed by atoms with Crippen LogP contribution in [0.5, 0.6) is 5.75 Å². The quantitative estimate of drug-likeness (QED) is 0.632. The third-order valence-electron chi connectivity index (χ3n) is 2.65. The summed E-state index contributed by atoms with van der Waals surface area (Å²) >= 11 is 11.7. The fourth-order valence-corrected chi connectivity index (χ4v) is 2.13. The van der Waals surface area contributed by atoms with E-state index in [-0.39, 0.29) is 21.9 Å². The van der Waals surface area contributed by atoms with E-state index < -0.39 is 11.9 Å².